The number of nitrogens with one attached hydrogen (secondary N) is 1. The van der Waals surface area contributed by atoms with Crippen molar-refractivity contribution in [2.75, 3.05) is 24.5 Å². The van der Waals surface area contributed by atoms with Gasteiger partial charge < -0.3 is 14.6 Å². The molecule has 3 aromatic rings. The number of aromatic nitrogens is 1. The van der Waals surface area contributed by atoms with Gasteiger partial charge in [-0.05, 0) is 61.1 Å². The third-order valence-corrected chi connectivity index (χ3v) is 5.75. The molecule has 2 aromatic carbocycles. The van der Waals surface area contributed by atoms with E-state index in [0.29, 0.717) is 23.4 Å². The molecule has 0 saturated heterocycles. The second-order valence-electron chi connectivity index (χ2n) is 8.09. The Bertz CT molecular complexity index is 1060. The lowest BCUT2D eigenvalue weighted by atomic mass is 9.93. The topological polar surface area (TPSA) is 58.4 Å². The van der Waals surface area contributed by atoms with Gasteiger partial charge in [-0.3, -0.25) is 4.79 Å². The number of fused-ring (bicyclic) bond motifs is 1. The van der Waals surface area contributed by atoms with Crippen LogP contribution in [0.2, 0.25) is 0 Å². The average Bonchev–Trinajstić information content (AvgIpc) is 3.31. The van der Waals surface area contributed by atoms with Crippen LogP contribution >= 0.6 is 0 Å². The van der Waals surface area contributed by atoms with E-state index in [1.807, 2.05) is 12.1 Å². The quantitative estimate of drug-likeness (QED) is 0.528. The molecule has 1 aromatic heterocycles. The standard InChI is InChI=1S/C25H27F2N3O2/c1-2-3-9-30-10-4-5-21-22(25-29-8-11-32-25)14-18(15-23(21)30)24(31)28-7-6-17-12-19(26)16-20(27)13-17/h8,11-16H,2-7,9-10H2,1H3,(H,28,31). The highest BCUT2D eigenvalue weighted by atomic mass is 19.1. The normalized spacial score (nSPS) is 13.2. The van der Waals surface area contributed by atoms with Gasteiger partial charge in [0.05, 0.1) is 6.20 Å². The lowest BCUT2D eigenvalue weighted by Crippen LogP contribution is -2.32. The number of unbranched alkanes of at least 4 members (excludes halogenated alkanes) is 1. The van der Waals surface area contributed by atoms with Crippen molar-refractivity contribution in [1.29, 1.82) is 0 Å². The van der Waals surface area contributed by atoms with E-state index in [9.17, 15) is 13.6 Å². The van der Waals surface area contributed by atoms with Crippen LogP contribution in [0.5, 0.6) is 0 Å². The predicted octanol–water partition coefficient (Wildman–Crippen LogP) is 5.15. The summed E-state index contributed by atoms with van der Waals surface area (Å²) in [7, 11) is 0. The van der Waals surface area contributed by atoms with E-state index in [1.165, 1.54) is 18.4 Å². The molecule has 0 aliphatic carbocycles. The summed E-state index contributed by atoms with van der Waals surface area (Å²) in [5, 5.41) is 2.87. The lowest BCUT2D eigenvalue weighted by molar-refractivity contribution is 0.0954. The first-order valence-corrected chi connectivity index (χ1v) is 11.1. The summed E-state index contributed by atoms with van der Waals surface area (Å²) < 4.78 is 32.4. The SMILES string of the molecule is CCCCN1CCCc2c(-c3ncco3)cc(C(=O)NCCc3cc(F)cc(F)c3)cc21. The summed E-state index contributed by atoms with van der Waals surface area (Å²) in [6.07, 6.45) is 7.59. The molecule has 2 heterocycles. The van der Waals surface area contributed by atoms with Crippen molar-refractivity contribution >= 4 is 11.6 Å². The molecule has 0 atom stereocenters. The Labute approximate surface area is 186 Å². The first-order valence-electron chi connectivity index (χ1n) is 11.1. The van der Waals surface area contributed by atoms with Crippen molar-refractivity contribution in [3.8, 4) is 11.5 Å². The van der Waals surface area contributed by atoms with Crippen molar-refractivity contribution in [3.63, 3.8) is 0 Å². The third kappa shape index (κ3) is 4.98. The van der Waals surface area contributed by atoms with Gasteiger partial charge in [-0.15, -0.1) is 0 Å². The Kier molecular flexibility index (Phi) is 6.83. The van der Waals surface area contributed by atoms with Crippen molar-refractivity contribution in [1.82, 2.24) is 10.3 Å². The van der Waals surface area contributed by atoms with E-state index < -0.39 is 11.6 Å². The number of nitrogens with zero attached hydrogens (tertiary/aromatic N) is 2. The van der Waals surface area contributed by atoms with E-state index in [1.54, 1.807) is 6.20 Å². The zero-order valence-electron chi connectivity index (χ0n) is 18.2. The van der Waals surface area contributed by atoms with Crippen molar-refractivity contribution in [2.24, 2.45) is 0 Å². The zero-order chi connectivity index (χ0) is 22.5. The van der Waals surface area contributed by atoms with Crippen LogP contribution in [0, 0.1) is 11.6 Å². The molecule has 4 rings (SSSR count). The number of rotatable bonds is 8. The van der Waals surface area contributed by atoms with Crippen molar-refractivity contribution < 1.29 is 18.0 Å². The number of anilines is 1. The number of halogens is 2. The van der Waals surface area contributed by atoms with Gasteiger partial charge in [0.1, 0.15) is 17.9 Å². The number of carbonyl (C=O) groups is 1. The number of hydrogen-bond donors (Lipinski definition) is 1. The summed E-state index contributed by atoms with van der Waals surface area (Å²) in [5.41, 5.74) is 4.07. The maximum atomic E-state index is 13.4. The lowest BCUT2D eigenvalue weighted by Gasteiger charge is -2.32. The fraction of sp³-hybridized carbons (Fsp3) is 0.360. The van der Waals surface area contributed by atoms with Crippen LogP contribution in [0.1, 0.15) is 47.7 Å². The van der Waals surface area contributed by atoms with Crippen LogP contribution in [-0.2, 0) is 12.8 Å². The van der Waals surface area contributed by atoms with Crippen molar-refractivity contribution in [3.05, 3.63) is 71.1 Å². The number of amides is 1. The van der Waals surface area contributed by atoms with Crippen LogP contribution in [-0.4, -0.2) is 30.5 Å². The number of benzene rings is 2. The maximum absolute atomic E-state index is 13.4. The molecule has 0 spiro atoms. The minimum Gasteiger partial charge on any atom is -0.445 e. The van der Waals surface area contributed by atoms with E-state index in [-0.39, 0.29) is 12.5 Å². The summed E-state index contributed by atoms with van der Waals surface area (Å²) in [4.78, 5) is 19.6. The van der Waals surface area contributed by atoms with Gasteiger partial charge in [-0.1, -0.05) is 13.3 Å². The summed E-state index contributed by atoms with van der Waals surface area (Å²) in [5.74, 6) is -0.977. The Morgan fingerprint density at radius 3 is 2.72 bits per heavy atom. The van der Waals surface area contributed by atoms with Crippen LogP contribution in [0.15, 0.2) is 47.2 Å². The molecule has 168 valence electrons. The summed E-state index contributed by atoms with van der Waals surface area (Å²) in [6.45, 7) is 4.32. The van der Waals surface area contributed by atoms with E-state index in [0.717, 1.165) is 61.7 Å². The minimum absolute atomic E-state index is 0.238. The van der Waals surface area contributed by atoms with E-state index in [2.05, 4.69) is 22.1 Å². The second-order valence-corrected chi connectivity index (χ2v) is 8.09. The number of hydrogen-bond acceptors (Lipinski definition) is 4. The van der Waals surface area contributed by atoms with Crippen LogP contribution in [0.25, 0.3) is 11.5 Å². The van der Waals surface area contributed by atoms with Crippen molar-refractivity contribution in [2.45, 2.75) is 39.0 Å². The van der Waals surface area contributed by atoms with Gasteiger partial charge in [0.25, 0.3) is 5.91 Å². The van der Waals surface area contributed by atoms with Gasteiger partial charge in [0.15, 0.2) is 0 Å². The maximum Gasteiger partial charge on any atom is 0.251 e. The van der Waals surface area contributed by atoms with Crippen LogP contribution in [0.3, 0.4) is 0 Å². The monoisotopic (exact) mass is 439 g/mol. The fourth-order valence-electron chi connectivity index (χ4n) is 4.21. The van der Waals surface area contributed by atoms with E-state index in [4.69, 9.17) is 4.42 Å². The highest BCUT2D eigenvalue weighted by Crippen LogP contribution is 2.36. The summed E-state index contributed by atoms with van der Waals surface area (Å²) >= 11 is 0. The van der Waals surface area contributed by atoms with Crippen LogP contribution in [0.4, 0.5) is 14.5 Å². The smallest absolute Gasteiger partial charge is 0.251 e. The van der Waals surface area contributed by atoms with Gasteiger partial charge in [0, 0.05) is 42.5 Å². The largest absolute Gasteiger partial charge is 0.445 e. The molecule has 5 nitrogen and oxygen atoms in total. The Morgan fingerprint density at radius 1 is 1.19 bits per heavy atom. The predicted molar refractivity (Wildman–Crippen MR) is 120 cm³/mol. The number of oxazole rings is 1. The molecule has 1 aliphatic heterocycles. The minimum atomic E-state index is -0.622. The molecule has 0 unspecified atom stereocenters. The average molecular weight is 440 g/mol. The molecule has 1 aliphatic rings. The van der Waals surface area contributed by atoms with Gasteiger partial charge in [0.2, 0.25) is 5.89 Å². The first-order chi connectivity index (χ1) is 15.5. The molecule has 0 radical (unpaired) electrons. The highest BCUT2D eigenvalue weighted by molar-refractivity contribution is 5.97. The Balaban J connectivity index is 1.57. The second kappa shape index (κ2) is 9.94. The molecule has 1 N–H and O–H groups in total. The molecule has 1 amide bonds. The summed E-state index contributed by atoms with van der Waals surface area (Å²) in [6, 6.07) is 7.16. The fourth-order valence-corrected chi connectivity index (χ4v) is 4.21. The molecule has 32 heavy (non-hydrogen) atoms. The van der Waals surface area contributed by atoms with Gasteiger partial charge >= 0.3 is 0 Å². The Hall–Kier alpha value is -3.22. The molecular formula is C25H27F2N3O2. The van der Waals surface area contributed by atoms with E-state index >= 15 is 0 Å². The third-order valence-electron chi connectivity index (χ3n) is 5.75. The first kappa shape index (κ1) is 22.0. The van der Waals surface area contributed by atoms with Gasteiger partial charge in [-0.25, -0.2) is 13.8 Å². The molecular weight excluding hydrogens is 412 g/mol. The molecule has 0 saturated carbocycles. The Morgan fingerprint density at radius 2 is 2.00 bits per heavy atom. The van der Waals surface area contributed by atoms with Crippen LogP contribution < -0.4 is 10.2 Å². The molecule has 7 heteroatoms. The number of carbonyl (C=O) groups excluding carboxylic acids is 1. The zero-order valence-corrected chi connectivity index (χ0v) is 18.2. The highest BCUT2D eigenvalue weighted by Gasteiger charge is 2.24. The molecule has 0 bridgehead atoms. The molecule has 0 fully saturated rings. The van der Waals surface area contributed by atoms with Gasteiger partial charge in [-0.2, -0.15) is 0 Å².